The molecule has 0 spiro atoms. The molecule has 1 heterocycles. The smallest absolute Gasteiger partial charge is 0.307 e. The van der Waals surface area contributed by atoms with Crippen LogP contribution in [0.15, 0.2) is 47.5 Å². The van der Waals surface area contributed by atoms with E-state index in [9.17, 15) is 9.59 Å². The summed E-state index contributed by atoms with van der Waals surface area (Å²) in [5.74, 6) is -0.0560. The fourth-order valence-electron chi connectivity index (χ4n) is 2.56. The number of thiazole rings is 1. The lowest BCUT2D eigenvalue weighted by atomic mass is 10.2. The summed E-state index contributed by atoms with van der Waals surface area (Å²) >= 11 is 7.32. The van der Waals surface area contributed by atoms with Gasteiger partial charge in [0.05, 0.1) is 30.9 Å². The highest BCUT2D eigenvalue weighted by Gasteiger charge is 2.12. The van der Waals surface area contributed by atoms with Gasteiger partial charge in [0.25, 0.3) is 5.91 Å². The molecule has 0 atom stereocenters. The van der Waals surface area contributed by atoms with Gasteiger partial charge in [0.1, 0.15) is 5.75 Å². The van der Waals surface area contributed by atoms with Crippen molar-refractivity contribution in [3.05, 3.63) is 57.9 Å². The Morgan fingerprint density at radius 2 is 2.00 bits per heavy atom. The Kier molecular flexibility index (Phi) is 5.93. The molecule has 140 valence electrons. The average Bonchev–Trinajstić information content (AvgIpc) is 3.01. The van der Waals surface area contributed by atoms with Crippen molar-refractivity contribution < 1.29 is 19.1 Å². The maximum Gasteiger partial charge on any atom is 0.307 e. The zero-order valence-electron chi connectivity index (χ0n) is 14.8. The van der Waals surface area contributed by atoms with Crippen LogP contribution >= 0.6 is 22.9 Å². The second-order valence-electron chi connectivity index (χ2n) is 5.62. The van der Waals surface area contributed by atoms with E-state index in [0.717, 1.165) is 10.2 Å². The van der Waals surface area contributed by atoms with Crippen LogP contribution in [-0.2, 0) is 16.1 Å². The number of benzene rings is 2. The molecule has 3 rings (SSSR count). The van der Waals surface area contributed by atoms with Crippen LogP contribution in [0.3, 0.4) is 0 Å². The molecule has 3 aromatic rings. The molecule has 2 aromatic carbocycles. The molecule has 0 aliphatic carbocycles. The maximum absolute atomic E-state index is 12.6. The number of fused-ring (bicyclic) bond motifs is 1. The summed E-state index contributed by atoms with van der Waals surface area (Å²) in [6, 6.07) is 12.2. The predicted octanol–water partition coefficient (Wildman–Crippen LogP) is 3.67. The van der Waals surface area contributed by atoms with Gasteiger partial charge in [-0.25, -0.2) is 0 Å². The monoisotopic (exact) mass is 404 g/mol. The number of methoxy groups -OCH3 is 2. The summed E-state index contributed by atoms with van der Waals surface area (Å²) in [5.41, 5.74) is 1.23. The summed E-state index contributed by atoms with van der Waals surface area (Å²) in [6.07, 6.45) is 0.165. The Morgan fingerprint density at radius 1 is 1.19 bits per heavy atom. The molecule has 0 radical (unpaired) electrons. The van der Waals surface area contributed by atoms with Gasteiger partial charge in [0, 0.05) is 23.2 Å². The molecule has 0 saturated carbocycles. The molecule has 0 bridgehead atoms. The van der Waals surface area contributed by atoms with Crippen LogP contribution in [0.5, 0.6) is 5.75 Å². The third-order valence-corrected chi connectivity index (χ3v) is 5.22. The zero-order chi connectivity index (χ0) is 19.4. The van der Waals surface area contributed by atoms with Gasteiger partial charge in [0.15, 0.2) is 4.80 Å². The number of rotatable bonds is 5. The summed E-state index contributed by atoms with van der Waals surface area (Å²) in [6.45, 7) is 0.335. The van der Waals surface area contributed by atoms with Crippen molar-refractivity contribution in [1.82, 2.24) is 4.57 Å². The van der Waals surface area contributed by atoms with Crippen molar-refractivity contribution in [3.8, 4) is 5.75 Å². The van der Waals surface area contributed by atoms with E-state index in [0.29, 0.717) is 27.7 Å². The van der Waals surface area contributed by atoms with Gasteiger partial charge in [-0.2, -0.15) is 4.99 Å². The highest BCUT2D eigenvalue weighted by Crippen LogP contribution is 2.23. The lowest BCUT2D eigenvalue weighted by Gasteiger charge is -2.06. The first-order chi connectivity index (χ1) is 13.0. The topological polar surface area (TPSA) is 69.9 Å². The van der Waals surface area contributed by atoms with Gasteiger partial charge < -0.3 is 14.0 Å². The average molecular weight is 405 g/mol. The standard InChI is InChI=1S/C19H17ClN2O4S/c1-25-14-6-7-16-15(11-14)22(9-8-17(23)26-2)19(27-16)21-18(24)12-4-3-5-13(20)10-12/h3-7,10-11H,8-9H2,1-2H3. The molecular weight excluding hydrogens is 388 g/mol. The predicted molar refractivity (Wildman–Crippen MR) is 104 cm³/mol. The number of aromatic nitrogens is 1. The van der Waals surface area contributed by atoms with Crippen molar-refractivity contribution in [2.45, 2.75) is 13.0 Å². The van der Waals surface area contributed by atoms with Crippen molar-refractivity contribution in [2.24, 2.45) is 4.99 Å². The largest absolute Gasteiger partial charge is 0.497 e. The molecule has 0 saturated heterocycles. The van der Waals surface area contributed by atoms with Gasteiger partial charge in [-0.15, -0.1) is 0 Å². The number of halogens is 1. The van der Waals surface area contributed by atoms with E-state index in [2.05, 4.69) is 4.99 Å². The zero-order valence-corrected chi connectivity index (χ0v) is 16.3. The molecule has 27 heavy (non-hydrogen) atoms. The molecule has 0 aliphatic rings. The number of carbonyl (C=O) groups is 2. The first-order valence-electron chi connectivity index (χ1n) is 8.10. The van der Waals surface area contributed by atoms with E-state index >= 15 is 0 Å². The minimum Gasteiger partial charge on any atom is -0.497 e. The summed E-state index contributed by atoms with van der Waals surface area (Å²) in [7, 11) is 2.93. The van der Waals surface area contributed by atoms with Gasteiger partial charge in [-0.3, -0.25) is 9.59 Å². The third-order valence-electron chi connectivity index (χ3n) is 3.93. The number of hydrogen-bond donors (Lipinski definition) is 0. The summed E-state index contributed by atoms with van der Waals surface area (Å²) in [4.78, 5) is 28.9. The molecule has 0 N–H and O–H groups in total. The first kappa shape index (κ1) is 19.1. The van der Waals surface area contributed by atoms with Crippen molar-refractivity contribution in [2.75, 3.05) is 14.2 Å². The number of hydrogen-bond acceptors (Lipinski definition) is 5. The number of ether oxygens (including phenoxy) is 2. The first-order valence-corrected chi connectivity index (χ1v) is 9.30. The number of aryl methyl sites for hydroxylation is 1. The number of esters is 1. The molecular formula is C19H17ClN2O4S. The van der Waals surface area contributed by atoms with Crippen molar-refractivity contribution in [3.63, 3.8) is 0 Å². The lowest BCUT2D eigenvalue weighted by Crippen LogP contribution is -2.19. The Balaban J connectivity index is 2.09. The molecule has 0 aliphatic heterocycles. The Labute approximate surface area is 164 Å². The minimum absolute atomic E-state index is 0.165. The van der Waals surface area contributed by atoms with Crippen LogP contribution in [0, 0.1) is 0 Å². The summed E-state index contributed by atoms with van der Waals surface area (Å²) < 4.78 is 12.8. The third kappa shape index (κ3) is 4.37. The Bertz CT molecular complexity index is 1070. The molecule has 6 nitrogen and oxygen atoms in total. The van der Waals surface area contributed by atoms with Crippen LogP contribution in [0.1, 0.15) is 16.8 Å². The number of carbonyl (C=O) groups excluding carboxylic acids is 2. The van der Waals surface area contributed by atoms with Gasteiger partial charge in [-0.05, 0) is 30.3 Å². The number of amides is 1. The van der Waals surface area contributed by atoms with E-state index in [1.54, 1.807) is 31.4 Å². The van der Waals surface area contributed by atoms with Gasteiger partial charge in [0.2, 0.25) is 0 Å². The van der Waals surface area contributed by atoms with Crippen LogP contribution in [0.2, 0.25) is 5.02 Å². The van der Waals surface area contributed by atoms with E-state index in [1.165, 1.54) is 18.4 Å². The van der Waals surface area contributed by atoms with Crippen LogP contribution in [-0.4, -0.2) is 30.7 Å². The number of nitrogens with zero attached hydrogens (tertiary/aromatic N) is 2. The second-order valence-corrected chi connectivity index (χ2v) is 7.07. The maximum atomic E-state index is 12.6. The molecule has 1 aromatic heterocycles. The molecule has 0 fully saturated rings. The second kappa shape index (κ2) is 8.37. The molecule has 0 unspecified atom stereocenters. The van der Waals surface area contributed by atoms with E-state index < -0.39 is 5.91 Å². The highest BCUT2D eigenvalue weighted by atomic mass is 35.5. The van der Waals surface area contributed by atoms with Crippen molar-refractivity contribution in [1.29, 1.82) is 0 Å². The van der Waals surface area contributed by atoms with Gasteiger partial charge in [-0.1, -0.05) is 29.0 Å². The van der Waals surface area contributed by atoms with Gasteiger partial charge >= 0.3 is 5.97 Å². The lowest BCUT2D eigenvalue weighted by molar-refractivity contribution is -0.140. The van der Waals surface area contributed by atoms with E-state index in [1.807, 2.05) is 22.8 Å². The normalized spacial score (nSPS) is 11.6. The minimum atomic E-state index is -0.400. The fourth-order valence-corrected chi connectivity index (χ4v) is 3.78. The summed E-state index contributed by atoms with van der Waals surface area (Å²) in [5, 5.41) is 0.468. The van der Waals surface area contributed by atoms with Crippen LogP contribution < -0.4 is 9.54 Å². The molecule has 1 amide bonds. The Morgan fingerprint density at radius 3 is 2.70 bits per heavy atom. The van der Waals surface area contributed by atoms with Crippen LogP contribution in [0.25, 0.3) is 10.2 Å². The quantitative estimate of drug-likeness (QED) is 0.608. The SMILES string of the molecule is COC(=O)CCn1c(=NC(=O)c2cccc(Cl)c2)sc2ccc(OC)cc21. The fraction of sp³-hybridized carbons (Fsp3) is 0.211. The van der Waals surface area contributed by atoms with E-state index in [4.69, 9.17) is 21.1 Å². The van der Waals surface area contributed by atoms with Crippen molar-refractivity contribution >= 4 is 45.0 Å². The Hall–Kier alpha value is -2.64. The molecule has 8 heteroatoms. The van der Waals surface area contributed by atoms with Crippen LogP contribution in [0.4, 0.5) is 0 Å². The van der Waals surface area contributed by atoms with E-state index in [-0.39, 0.29) is 12.4 Å². The highest BCUT2D eigenvalue weighted by molar-refractivity contribution is 7.16.